The quantitative estimate of drug-likeness (QED) is 0.727. The molecule has 0 fully saturated rings. The molecule has 0 bridgehead atoms. The Balaban J connectivity index is 1.79. The van der Waals surface area contributed by atoms with E-state index in [4.69, 9.17) is 0 Å². The summed E-state index contributed by atoms with van der Waals surface area (Å²) in [6.07, 6.45) is 3.68. The molecule has 0 aliphatic rings. The third-order valence-corrected chi connectivity index (χ3v) is 3.29. The highest BCUT2D eigenvalue weighted by atomic mass is 32.1. The highest BCUT2D eigenvalue weighted by molar-refractivity contribution is 7.22. The van der Waals surface area contributed by atoms with Crippen molar-refractivity contribution in [3.05, 3.63) is 42.2 Å². The minimum absolute atomic E-state index is 0.746. The molecule has 0 saturated carbocycles. The molecule has 0 amide bonds. The van der Waals surface area contributed by atoms with Gasteiger partial charge >= 0.3 is 0 Å². The molecular formula is C11H10N4S. The number of rotatable bonds is 3. The maximum atomic E-state index is 4.49. The van der Waals surface area contributed by atoms with E-state index in [9.17, 15) is 0 Å². The summed E-state index contributed by atoms with van der Waals surface area (Å²) in [5.74, 6) is 0. The number of hydrogen-bond donors (Lipinski definition) is 2. The molecule has 0 aliphatic carbocycles. The van der Waals surface area contributed by atoms with Crippen molar-refractivity contribution >= 4 is 26.7 Å². The summed E-state index contributed by atoms with van der Waals surface area (Å²) in [4.78, 5) is 4.49. The lowest BCUT2D eigenvalue weighted by atomic mass is 10.3. The van der Waals surface area contributed by atoms with E-state index < -0.39 is 0 Å². The molecule has 1 aromatic carbocycles. The van der Waals surface area contributed by atoms with Gasteiger partial charge in [0.1, 0.15) is 0 Å². The number of hydrogen-bond acceptors (Lipinski definition) is 4. The first kappa shape index (κ1) is 9.35. The zero-order chi connectivity index (χ0) is 10.8. The minimum Gasteiger partial charge on any atom is -0.357 e. The number of aromatic amines is 1. The maximum Gasteiger partial charge on any atom is 0.184 e. The van der Waals surface area contributed by atoms with Crippen LogP contribution in [-0.4, -0.2) is 15.2 Å². The number of fused-ring (bicyclic) bond motifs is 1. The maximum absolute atomic E-state index is 4.49. The van der Waals surface area contributed by atoms with E-state index >= 15 is 0 Å². The number of benzene rings is 1. The lowest BCUT2D eigenvalue weighted by Crippen LogP contribution is -1.96. The van der Waals surface area contributed by atoms with Crippen molar-refractivity contribution < 1.29 is 0 Å². The van der Waals surface area contributed by atoms with Gasteiger partial charge in [0.25, 0.3) is 0 Å². The van der Waals surface area contributed by atoms with Gasteiger partial charge in [0.15, 0.2) is 5.13 Å². The van der Waals surface area contributed by atoms with Gasteiger partial charge in [0.2, 0.25) is 0 Å². The van der Waals surface area contributed by atoms with E-state index in [2.05, 4.69) is 26.6 Å². The smallest absolute Gasteiger partial charge is 0.184 e. The molecule has 0 aliphatic heterocycles. The molecule has 0 atom stereocenters. The van der Waals surface area contributed by atoms with E-state index in [0.717, 1.165) is 22.8 Å². The number of anilines is 1. The van der Waals surface area contributed by atoms with Gasteiger partial charge in [0.05, 0.1) is 16.4 Å². The zero-order valence-corrected chi connectivity index (χ0v) is 9.29. The van der Waals surface area contributed by atoms with Crippen LogP contribution >= 0.6 is 11.3 Å². The highest BCUT2D eigenvalue weighted by Gasteiger charge is 2.02. The molecule has 0 saturated heterocycles. The molecule has 80 valence electrons. The summed E-state index contributed by atoms with van der Waals surface area (Å²) in [7, 11) is 0. The van der Waals surface area contributed by atoms with Crippen molar-refractivity contribution in [3.63, 3.8) is 0 Å². The Morgan fingerprint density at radius 2 is 2.25 bits per heavy atom. The van der Waals surface area contributed by atoms with Gasteiger partial charge in [-0.1, -0.05) is 23.5 Å². The van der Waals surface area contributed by atoms with Gasteiger partial charge in [-0.15, -0.1) is 0 Å². The largest absolute Gasteiger partial charge is 0.357 e. The third kappa shape index (κ3) is 1.77. The molecule has 0 radical (unpaired) electrons. The molecule has 0 unspecified atom stereocenters. The van der Waals surface area contributed by atoms with Gasteiger partial charge in [-0.3, -0.25) is 5.10 Å². The summed E-state index contributed by atoms with van der Waals surface area (Å²) in [5, 5.41) is 10.9. The SMILES string of the molecule is c1ccc2sc(NCc3cn[nH]c3)nc2c1. The number of para-hydroxylation sites is 1. The van der Waals surface area contributed by atoms with Crippen LogP contribution in [0.5, 0.6) is 0 Å². The number of nitrogens with zero attached hydrogens (tertiary/aromatic N) is 2. The minimum atomic E-state index is 0.746. The summed E-state index contributed by atoms with van der Waals surface area (Å²) in [5.41, 5.74) is 2.17. The molecule has 0 spiro atoms. The predicted molar refractivity (Wildman–Crippen MR) is 65.5 cm³/mol. The average Bonchev–Trinajstić information content (AvgIpc) is 2.95. The Morgan fingerprint density at radius 3 is 3.06 bits per heavy atom. The van der Waals surface area contributed by atoms with Gasteiger partial charge in [0, 0.05) is 18.3 Å². The second-order valence-corrected chi connectivity index (χ2v) is 4.48. The lowest BCUT2D eigenvalue weighted by molar-refractivity contribution is 1.09. The van der Waals surface area contributed by atoms with Crippen LogP contribution in [0.3, 0.4) is 0 Å². The van der Waals surface area contributed by atoms with Crippen LogP contribution < -0.4 is 5.32 Å². The number of thiazole rings is 1. The molecular weight excluding hydrogens is 220 g/mol. The molecule has 3 aromatic rings. The average molecular weight is 230 g/mol. The van der Waals surface area contributed by atoms with Crippen LogP contribution in [0.25, 0.3) is 10.2 Å². The fourth-order valence-corrected chi connectivity index (χ4v) is 2.36. The standard InChI is InChI=1S/C11H10N4S/c1-2-4-10-9(3-1)15-11(16-10)12-5-8-6-13-14-7-8/h1-4,6-7H,5H2,(H,12,15)(H,13,14). The predicted octanol–water partition coefficient (Wildman–Crippen LogP) is 2.63. The summed E-state index contributed by atoms with van der Waals surface area (Å²) >= 11 is 1.67. The second kappa shape index (κ2) is 3.94. The van der Waals surface area contributed by atoms with Crippen LogP contribution in [0.4, 0.5) is 5.13 Å². The number of H-pyrrole nitrogens is 1. The van der Waals surface area contributed by atoms with Crippen LogP contribution in [0.1, 0.15) is 5.56 Å². The second-order valence-electron chi connectivity index (χ2n) is 3.45. The van der Waals surface area contributed by atoms with Gasteiger partial charge in [-0.25, -0.2) is 4.98 Å². The topological polar surface area (TPSA) is 53.6 Å². The van der Waals surface area contributed by atoms with Crippen molar-refractivity contribution in [1.82, 2.24) is 15.2 Å². The molecule has 16 heavy (non-hydrogen) atoms. The fraction of sp³-hybridized carbons (Fsp3) is 0.0909. The van der Waals surface area contributed by atoms with Crippen molar-refractivity contribution in [2.75, 3.05) is 5.32 Å². The Labute approximate surface area is 96.3 Å². The lowest BCUT2D eigenvalue weighted by Gasteiger charge is -1.97. The van der Waals surface area contributed by atoms with E-state index in [0.29, 0.717) is 0 Å². The number of aromatic nitrogens is 3. The zero-order valence-electron chi connectivity index (χ0n) is 8.47. The highest BCUT2D eigenvalue weighted by Crippen LogP contribution is 2.25. The van der Waals surface area contributed by atoms with Crippen molar-refractivity contribution in [1.29, 1.82) is 0 Å². The number of nitrogens with one attached hydrogen (secondary N) is 2. The first-order valence-corrected chi connectivity index (χ1v) is 5.80. The van der Waals surface area contributed by atoms with Crippen molar-refractivity contribution in [3.8, 4) is 0 Å². The van der Waals surface area contributed by atoms with E-state index in [1.54, 1.807) is 17.5 Å². The van der Waals surface area contributed by atoms with Gasteiger partial charge in [-0.2, -0.15) is 5.10 Å². The van der Waals surface area contributed by atoms with Crippen molar-refractivity contribution in [2.45, 2.75) is 6.54 Å². The van der Waals surface area contributed by atoms with Crippen LogP contribution in [0, 0.1) is 0 Å². The Kier molecular flexibility index (Phi) is 2.30. The van der Waals surface area contributed by atoms with Gasteiger partial charge in [-0.05, 0) is 12.1 Å². The normalized spacial score (nSPS) is 10.8. The van der Waals surface area contributed by atoms with Crippen molar-refractivity contribution in [2.24, 2.45) is 0 Å². The molecule has 2 N–H and O–H groups in total. The summed E-state index contributed by atoms with van der Waals surface area (Å²) < 4.78 is 1.21. The molecule has 5 heteroatoms. The fourth-order valence-electron chi connectivity index (χ4n) is 1.50. The Bertz CT molecular complexity index is 552. The molecule has 3 rings (SSSR count). The summed E-state index contributed by atoms with van der Waals surface area (Å²) in [6.45, 7) is 0.746. The van der Waals surface area contributed by atoms with E-state index in [1.165, 1.54) is 4.70 Å². The van der Waals surface area contributed by atoms with Gasteiger partial charge < -0.3 is 5.32 Å². The van der Waals surface area contributed by atoms with Crippen LogP contribution in [-0.2, 0) is 6.54 Å². The molecule has 2 heterocycles. The first-order chi connectivity index (χ1) is 7.92. The van der Waals surface area contributed by atoms with Crippen LogP contribution in [0.15, 0.2) is 36.7 Å². The molecule has 2 aromatic heterocycles. The third-order valence-electron chi connectivity index (χ3n) is 2.29. The van der Waals surface area contributed by atoms with E-state index in [1.807, 2.05) is 24.4 Å². The molecule has 4 nitrogen and oxygen atoms in total. The monoisotopic (exact) mass is 230 g/mol. The summed E-state index contributed by atoms with van der Waals surface area (Å²) in [6, 6.07) is 8.13. The van der Waals surface area contributed by atoms with Crippen LogP contribution in [0.2, 0.25) is 0 Å². The van der Waals surface area contributed by atoms with E-state index in [-0.39, 0.29) is 0 Å². The first-order valence-electron chi connectivity index (χ1n) is 4.99. The Hall–Kier alpha value is -1.88. The Morgan fingerprint density at radius 1 is 1.31 bits per heavy atom.